The molecule has 0 unspecified atom stereocenters. The van der Waals surface area contributed by atoms with Crippen LogP contribution in [-0.4, -0.2) is 25.0 Å². The van der Waals surface area contributed by atoms with Crippen LogP contribution in [-0.2, 0) is 17.6 Å². The molecule has 0 bridgehead atoms. The number of ether oxygens (including phenoxy) is 1. The first kappa shape index (κ1) is 20.7. The van der Waals surface area contributed by atoms with E-state index < -0.39 is 0 Å². The second-order valence-electron chi connectivity index (χ2n) is 6.82. The van der Waals surface area contributed by atoms with Gasteiger partial charge in [0.2, 0.25) is 0 Å². The topological polar surface area (TPSA) is 67.4 Å². The Morgan fingerprint density at radius 1 is 1.18 bits per heavy atom. The molecule has 0 spiro atoms. The van der Waals surface area contributed by atoms with E-state index in [4.69, 9.17) is 16.3 Å². The van der Waals surface area contributed by atoms with Crippen molar-refractivity contribution in [3.63, 3.8) is 0 Å². The number of thiophene rings is 1. The number of carbonyl (C=O) groups is 2. The predicted octanol–water partition coefficient (Wildman–Crippen LogP) is 4.83. The Kier molecular flexibility index (Phi) is 7.34. The van der Waals surface area contributed by atoms with Crippen molar-refractivity contribution in [1.29, 1.82) is 0 Å². The molecule has 1 heterocycles. The van der Waals surface area contributed by atoms with E-state index in [2.05, 4.69) is 17.6 Å². The number of halogens is 1. The van der Waals surface area contributed by atoms with Crippen molar-refractivity contribution >= 4 is 39.8 Å². The molecule has 3 rings (SSSR count). The van der Waals surface area contributed by atoms with Crippen LogP contribution in [0.5, 0.6) is 5.75 Å². The molecule has 0 aliphatic heterocycles. The molecule has 0 atom stereocenters. The molecule has 28 heavy (non-hydrogen) atoms. The van der Waals surface area contributed by atoms with Gasteiger partial charge in [0, 0.05) is 16.4 Å². The summed E-state index contributed by atoms with van der Waals surface area (Å²) in [5, 5.41) is 7.11. The monoisotopic (exact) mass is 420 g/mol. The third kappa shape index (κ3) is 5.26. The minimum atomic E-state index is -0.281. The van der Waals surface area contributed by atoms with Crippen molar-refractivity contribution in [2.24, 2.45) is 0 Å². The van der Waals surface area contributed by atoms with Crippen LogP contribution < -0.4 is 15.4 Å². The standard InChI is InChI=1S/C21H25ClN2O3S/c1-2-3-12-23-20(26)19-16-6-4-5-7-17(16)28-21(19)24-18(25)13-27-15-10-8-14(22)9-11-15/h8-11H,2-7,12-13H2,1H3,(H,23,26)(H,24,25). The highest BCUT2D eigenvalue weighted by Crippen LogP contribution is 2.38. The van der Waals surface area contributed by atoms with Gasteiger partial charge in [-0.3, -0.25) is 9.59 Å². The number of rotatable bonds is 8. The zero-order valence-electron chi connectivity index (χ0n) is 16.0. The van der Waals surface area contributed by atoms with Crippen LogP contribution in [0.25, 0.3) is 0 Å². The number of nitrogens with one attached hydrogen (secondary N) is 2. The largest absolute Gasteiger partial charge is 0.484 e. The van der Waals surface area contributed by atoms with Crippen LogP contribution in [0, 0.1) is 0 Å². The van der Waals surface area contributed by atoms with Crippen molar-refractivity contribution in [1.82, 2.24) is 5.32 Å². The minimum Gasteiger partial charge on any atom is -0.484 e. The molecule has 0 radical (unpaired) electrons. The van der Waals surface area contributed by atoms with E-state index >= 15 is 0 Å². The number of unbranched alkanes of at least 4 members (excludes halogenated alkanes) is 1. The molecule has 2 N–H and O–H groups in total. The highest BCUT2D eigenvalue weighted by Gasteiger charge is 2.26. The van der Waals surface area contributed by atoms with Crippen molar-refractivity contribution in [2.75, 3.05) is 18.5 Å². The molecule has 150 valence electrons. The van der Waals surface area contributed by atoms with Crippen molar-refractivity contribution in [3.8, 4) is 5.75 Å². The van der Waals surface area contributed by atoms with E-state index in [0.29, 0.717) is 27.9 Å². The Bertz CT molecular complexity index is 833. The lowest BCUT2D eigenvalue weighted by Gasteiger charge is -2.13. The molecule has 1 aromatic heterocycles. The molecular weight excluding hydrogens is 396 g/mol. The maximum absolute atomic E-state index is 12.8. The third-order valence-electron chi connectivity index (χ3n) is 4.65. The van der Waals surface area contributed by atoms with E-state index in [-0.39, 0.29) is 18.4 Å². The van der Waals surface area contributed by atoms with Crippen molar-refractivity contribution < 1.29 is 14.3 Å². The molecule has 1 aliphatic rings. The van der Waals surface area contributed by atoms with Crippen LogP contribution in [0.15, 0.2) is 24.3 Å². The Morgan fingerprint density at radius 2 is 1.93 bits per heavy atom. The Balaban J connectivity index is 1.69. The van der Waals surface area contributed by atoms with Gasteiger partial charge in [0.15, 0.2) is 6.61 Å². The first-order valence-electron chi connectivity index (χ1n) is 9.69. The maximum atomic E-state index is 12.8. The summed E-state index contributed by atoms with van der Waals surface area (Å²) < 4.78 is 5.51. The summed E-state index contributed by atoms with van der Waals surface area (Å²) in [6, 6.07) is 6.85. The summed E-state index contributed by atoms with van der Waals surface area (Å²) in [6.07, 6.45) is 6.01. The van der Waals surface area contributed by atoms with Crippen LogP contribution in [0.3, 0.4) is 0 Å². The average Bonchev–Trinajstić information content (AvgIpc) is 3.05. The van der Waals surface area contributed by atoms with Gasteiger partial charge in [0.05, 0.1) is 5.56 Å². The Hall–Kier alpha value is -2.05. The smallest absolute Gasteiger partial charge is 0.262 e. The fraction of sp³-hybridized carbons (Fsp3) is 0.429. The molecule has 0 fully saturated rings. The van der Waals surface area contributed by atoms with Crippen molar-refractivity contribution in [2.45, 2.75) is 45.4 Å². The number of anilines is 1. The van der Waals surface area contributed by atoms with Gasteiger partial charge in [-0.25, -0.2) is 0 Å². The van der Waals surface area contributed by atoms with E-state index in [9.17, 15) is 9.59 Å². The Labute approximate surface area is 174 Å². The van der Waals surface area contributed by atoms with E-state index in [0.717, 1.165) is 44.1 Å². The lowest BCUT2D eigenvalue weighted by Crippen LogP contribution is -2.27. The van der Waals surface area contributed by atoms with Crippen LogP contribution in [0.4, 0.5) is 5.00 Å². The number of benzene rings is 1. The summed E-state index contributed by atoms with van der Waals surface area (Å²) in [5.74, 6) is 0.195. The minimum absolute atomic E-state index is 0.0956. The normalized spacial score (nSPS) is 12.9. The zero-order chi connectivity index (χ0) is 19.9. The van der Waals surface area contributed by atoms with Gasteiger partial charge in [-0.2, -0.15) is 0 Å². The van der Waals surface area contributed by atoms with Crippen LogP contribution in [0.1, 0.15) is 53.4 Å². The number of amides is 2. The van der Waals surface area contributed by atoms with Gasteiger partial charge >= 0.3 is 0 Å². The molecule has 0 saturated heterocycles. The molecule has 1 aliphatic carbocycles. The quantitative estimate of drug-likeness (QED) is 0.601. The van der Waals surface area contributed by atoms with E-state index in [1.165, 1.54) is 16.2 Å². The first-order chi connectivity index (χ1) is 13.6. The molecule has 0 saturated carbocycles. The van der Waals surface area contributed by atoms with Gasteiger partial charge in [-0.05, 0) is 61.9 Å². The lowest BCUT2D eigenvalue weighted by molar-refractivity contribution is -0.118. The van der Waals surface area contributed by atoms with Gasteiger partial charge in [-0.1, -0.05) is 24.9 Å². The molecular formula is C21H25ClN2O3S. The van der Waals surface area contributed by atoms with Crippen LogP contribution >= 0.6 is 22.9 Å². The van der Waals surface area contributed by atoms with Gasteiger partial charge in [0.1, 0.15) is 10.8 Å². The molecule has 7 heteroatoms. The van der Waals surface area contributed by atoms with E-state index in [1.54, 1.807) is 24.3 Å². The summed E-state index contributed by atoms with van der Waals surface area (Å²) in [5.41, 5.74) is 1.73. The van der Waals surface area contributed by atoms with Crippen molar-refractivity contribution in [3.05, 3.63) is 45.3 Å². The second-order valence-corrected chi connectivity index (χ2v) is 8.36. The number of hydrogen-bond acceptors (Lipinski definition) is 4. The van der Waals surface area contributed by atoms with Gasteiger partial charge in [-0.15, -0.1) is 11.3 Å². The molecule has 2 amide bonds. The SMILES string of the molecule is CCCCNC(=O)c1c(NC(=O)COc2ccc(Cl)cc2)sc2c1CCCC2. The lowest BCUT2D eigenvalue weighted by atomic mass is 9.95. The summed E-state index contributed by atoms with van der Waals surface area (Å²) in [4.78, 5) is 26.4. The van der Waals surface area contributed by atoms with Gasteiger partial charge in [0.25, 0.3) is 11.8 Å². The summed E-state index contributed by atoms with van der Waals surface area (Å²) in [6.45, 7) is 2.61. The number of fused-ring (bicyclic) bond motifs is 1. The van der Waals surface area contributed by atoms with Crippen LogP contribution in [0.2, 0.25) is 5.02 Å². The number of carbonyl (C=O) groups excluding carboxylic acids is 2. The highest BCUT2D eigenvalue weighted by molar-refractivity contribution is 7.17. The number of aryl methyl sites for hydroxylation is 1. The number of hydrogen-bond donors (Lipinski definition) is 2. The fourth-order valence-electron chi connectivity index (χ4n) is 3.20. The third-order valence-corrected chi connectivity index (χ3v) is 6.11. The Morgan fingerprint density at radius 3 is 2.68 bits per heavy atom. The summed E-state index contributed by atoms with van der Waals surface area (Å²) >= 11 is 7.37. The highest BCUT2D eigenvalue weighted by atomic mass is 35.5. The van der Waals surface area contributed by atoms with Gasteiger partial charge < -0.3 is 15.4 Å². The zero-order valence-corrected chi connectivity index (χ0v) is 17.5. The molecule has 1 aromatic carbocycles. The maximum Gasteiger partial charge on any atom is 0.262 e. The molecule has 5 nitrogen and oxygen atoms in total. The molecule has 2 aromatic rings. The fourth-order valence-corrected chi connectivity index (χ4v) is 4.63. The second kappa shape index (κ2) is 9.94. The average molecular weight is 421 g/mol. The summed E-state index contributed by atoms with van der Waals surface area (Å²) in [7, 11) is 0. The van der Waals surface area contributed by atoms with E-state index in [1.807, 2.05) is 0 Å². The predicted molar refractivity (Wildman–Crippen MR) is 114 cm³/mol. The first-order valence-corrected chi connectivity index (χ1v) is 10.9.